The highest BCUT2D eigenvalue weighted by molar-refractivity contribution is 5.92. The van der Waals surface area contributed by atoms with Gasteiger partial charge in [-0.3, -0.25) is 19.6 Å². The van der Waals surface area contributed by atoms with Crippen LogP contribution >= 0.6 is 0 Å². The van der Waals surface area contributed by atoms with Crippen LogP contribution in [0.4, 0.5) is 0 Å². The summed E-state index contributed by atoms with van der Waals surface area (Å²) in [6, 6.07) is 9.69. The molecule has 3 amide bonds. The molecule has 0 unspecified atom stereocenters. The first-order valence-electron chi connectivity index (χ1n) is 10.2. The molecular formula is C22H29N3O6. The average molecular weight is 431 g/mol. The lowest BCUT2D eigenvalue weighted by molar-refractivity contribution is -0.172. The van der Waals surface area contributed by atoms with Crippen molar-refractivity contribution >= 4 is 18.2 Å². The molecule has 1 aromatic carbocycles. The first-order chi connectivity index (χ1) is 14.9. The fraction of sp³-hybridized carbons (Fsp3) is 0.409. The van der Waals surface area contributed by atoms with Gasteiger partial charge in [0.2, 0.25) is 12.3 Å². The average Bonchev–Trinajstić information content (AvgIpc) is 3.22. The van der Waals surface area contributed by atoms with Crippen molar-refractivity contribution in [3.8, 4) is 11.3 Å². The number of carbonyl (C=O) groups is 3. The Morgan fingerprint density at radius 3 is 2.55 bits per heavy atom. The number of aliphatic hydroxyl groups excluding tert-OH is 1. The second-order valence-electron chi connectivity index (χ2n) is 7.25. The Bertz CT molecular complexity index is 867. The molecule has 2 rings (SSSR count). The number of unbranched alkanes of at least 4 members (excludes halogenated alkanes) is 2. The molecule has 0 aliphatic rings. The van der Waals surface area contributed by atoms with Crippen LogP contribution in [0.15, 0.2) is 40.8 Å². The molecule has 0 bridgehead atoms. The van der Waals surface area contributed by atoms with Crippen molar-refractivity contribution in [3.05, 3.63) is 47.7 Å². The molecule has 0 saturated heterocycles. The zero-order valence-electron chi connectivity index (χ0n) is 17.5. The summed E-state index contributed by atoms with van der Waals surface area (Å²) in [6.45, 7) is 1.40. The number of furan rings is 1. The molecule has 0 saturated carbocycles. The highest BCUT2D eigenvalue weighted by atomic mass is 16.5. The minimum absolute atomic E-state index is 0.0393. The summed E-state index contributed by atoms with van der Waals surface area (Å²) in [6.07, 6.45) is 3.01. The molecule has 0 aliphatic heterocycles. The maximum atomic E-state index is 12.9. The van der Waals surface area contributed by atoms with Crippen molar-refractivity contribution in [1.29, 1.82) is 0 Å². The Balaban J connectivity index is 2.19. The van der Waals surface area contributed by atoms with E-state index in [0.717, 1.165) is 18.4 Å². The predicted octanol–water partition coefficient (Wildman–Crippen LogP) is 2.07. The van der Waals surface area contributed by atoms with Gasteiger partial charge >= 0.3 is 0 Å². The van der Waals surface area contributed by atoms with E-state index < -0.39 is 30.4 Å². The van der Waals surface area contributed by atoms with Gasteiger partial charge in [0.1, 0.15) is 5.76 Å². The van der Waals surface area contributed by atoms with Crippen molar-refractivity contribution in [2.24, 2.45) is 11.7 Å². The molecule has 31 heavy (non-hydrogen) atoms. The van der Waals surface area contributed by atoms with E-state index >= 15 is 0 Å². The highest BCUT2D eigenvalue weighted by Gasteiger charge is 2.31. The number of nitrogens with zero attached hydrogens (tertiary/aromatic N) is 1. The lowest BCUT2D eigenvalue weighted by Crippen LogP contribution is -2.47. The fourth-order valence-electron chi connectivity index (χ4n) is 3.41. The number of carbonyl (C=O) groups excluding carboxylic acids is 3. The van der Waals surface area contributed by atoms with Gasteiger partial charge in [-0.15, -0.1) is 0 Å². The van der Waals surface area contributed by atoms with Crippen LogP contribution in [0, 0.1) is 5.92 Å². The van der Waals surface area contributed by atoms with Gasteiger partial charge < -0.3 is 20.6 Å². The Hall–Kier alpha value is -3.17. The summed E-state index contributed by atoms with van der Waals surface area (Å²) in [5.74, 6) is -1.68. The first kappa shape index (κ1) is 24.1. The topological polar surface area (TPSA) is 146 Å². The Morgan fingerprint density at radius 2 is 1.97 bits per heavy atom. The quantitative estimate of drug-likeness (QED) is 0.165. The molecule has 1 aromatic heterocycles. The standard InChI is InChI=1S/C22H29N3O6/c1-2-3-5-10-17(18(13-26)25(30)14-27)22(29)24-12-16-11-19(31-20(16)21(23)28)15-8-6-4-7-9-15/h4,6-9,11,14,17-18,26,30H,2-3,5,10,12-13H2,1H3,(H2,23,28)(H,24,29)/t17-,18-/m1/s1. The van der Waals surface area contributed by atoms with Crippen molar-refractivity contribution in [2.75, 3.05) is 6.61 Å². The zero-order valence-corrected chi connectivity index (χ0v) is 17.5. The van der Waals surface area contributed by atoms with Crippen molar-refractivity contribution in [1.82, 2.24) is 10.4 Å². The maximum absolute atomic E-state index is 12.9. The van der Waals surface area contributed by atoms with E-state index in [1.54, 1.807) is 6.07 Å². The Morgan fingerprint density at radius 1 is 1.26 bits per heavy atom. The van der Waals surface area contributed by atoms with Gasteiger partial charge in [0.25, 0.3) is 5.91 Å². The van der Waals surface area contributed by atoms with E-state index in [2.05, 4.69) is 5.32 Å². The number of amides is 3. The maximum Gasteiger partial charge on any atom is 0.284 e. The number of benzene rings is 1. The molecule has 0 spiro atoms. The number of hydrogen-bond donors (Lipinski definition) is 4. The number of primary amides is 1. The molecule has 0 aliphatic carbocycles. The summed E-state index contributed by atoms with van der Waals surface area (Å²) >= 11 is 0. The Labute approximate surface area is 180 Å². The van der Waals surface area contributed by atoms with Gasteiger partial charge in [-0.1, -0.05) is 56.5 Å². The molecule has 2 aromatic rings. The number of rotatable bonds is 13. The summed E-state index contributed by atoms with van der Waals surface area (Å²) < 4.78 is 5.60. The lowest BCUT2D eigenvalue weighted by atomic mass is 9.92. The minimum atomic E-state index is -1.07. The first-order valence-corrected chi connectivity index (χ1v) is 10.2. The van der Waals surface area contributed by atoms with E-state index in [1.807, 2.05) is 37.3 Å². The normalized spacial score (nSPS) is 12.7. The van der Waals surface area contributed by atoms with Gasteiger partial charge in [-0.05, 0) is 12.5 Å². The summed E-state index contributed by atoms with van der Waals surface area (Å²) in [4.78, 5) is 35.6. The third-order valence-corrected chi connectivity index (χ3v) is 5.10. The largest absolute Gasteiger partial charge is 0.451 e. The molecule has 9 nitrogen and oxygen atoms in total. The number of hydrogen-bond acceptors (Lipinski definition) is 6. The Kier molecular flexibility index (Phi) is 9.23. The van der Waals surface area contributed by atoms with Crippen LogP contribution in [-0.4, -0.2) is 46.3 Å². The van der Waals surface area contributed by atoms with E-state index in [0.29, 0.717) is 29.2 Å². The number of nitrogens with one attached hydrogen (secondary N) is 1. The number of nitrogens with two attached hydrogens (primary N) is 1. The third-order valence-electron chi connectivity index (χ3n) is 5.10. The van der Waals surface area contributed by atoms with Crippen LogP contribution in [0.5, 0.6) is 0 Å². The predicted molar refractivity (Wildman–Crippen MR) is 113 cm³/mol. The van der Waals surface area contributed by atoms with Crippen LogP contribution < -0.4 is 11.1 Å². The molecule has 168 valence electrons. The van der Waals surface area contributed by atoms with E-state index in [4.69, 9.17) is 10.2 Å². The van der Waals surface area contributed by atoms with E-state index in [9.17, 15) is 24.7 Å². The molecule has 0 radical (unpaired) electrons. The number of hydroxylamine groups is 2. The van der Waals surface area contributed by atoms with Gasteiger partial charge in [0.15, 0.2) is 5.76 Å². The molecule has 0 fully saturated rings. The van der Waals surface area contributed by atoms with Crippen LogP contribution in [0.25, 0.3) is 11.3 Å². The fourth-order valence-corrected chi connectivity index (χ4v) is 3.41. The smallest absolute Gasteiger partial charge is 0.284 e. The van der Waals surface area contributed by atoms with Crippen LogP contribution in [0.3, 0.4) is 0 Å². The van der Waals surface area contributed by atoms with Gasteiger partial charge in [-0.25, -0.2) is 5.06 Å². The van der Waals surface area contributed by atoms with Crippen LogP contribution in [0.1, 0.15) is 48.7 Å². The molecular weight excluding hydrogens is 402 g/mol. The zero-order chi connectivity index (χ0) is 22.8. The lowest BCUT2D eigenvalue weighted by Gasteiger charge is -2.28. The summed E-state index contributed by atoms with van der Waals surface area (Å²) in [5, 5.41) is 22.4. The van der Waals surface area contributed by atoms with Crippen molar-refractivity contribution in [2.45, 2.75) is 45.2 Å². The highest BCUT2D eigenvalue weighted by Crippen LogP contribution is 2.26. The monoisotopic (exact) mass is 431 g/mol. The summed E-state index contributed by atoms with van der Waals surface area (Å²) in [7, 11) is 0. The summed E-state index contributed by atoms with van der Waals surface area (Å²) in [5.41, 5.74) is 6.58. The van der Waals surface area contributed by atoms with Crippen molar-refractivity contribution < 1.29 is 29.1 Å². The van der Waals surface area contributed by atoms with Crippen LogP contribution in [0.2, 0.25) is 0 Å². The molecule has 2 atom stereocenters. The number of aliphatic hydroxyl groups is 1. The third kappa shape index (κ3) is 6.40. The second kappa shape index (κ2) is 11.9. The van der Waals surface area contributed by atoms with E-state index in [1.165, 1.54) is 0 Å². The minimum Gasteiger partial charge on any atom is -0.451 e. The van der Waals surface area contributed by atoms with Crippen LogP contribution in [-0.2, 0) is 16.1 Å². The molecule has 1 heterocycles. The van der Waals surface area contributed by atoms with E-state index in [-0.39, 0.29) is 18.7 Å². The second-order valence-corrected chi connectivity index (χ2v) is 7.25. The molecule has 5 N–H and O–H groups in total. The molecule has 9 heteroatoms. The van der Waals surface area contributed by atoms with Gasteiger partial charge in [-0.2, -0.15) is 0 Å². The van der Waals surface area contributed by atoms with Gasteiger partial charge in [0, 0.05) is 17.7 Å². The van der Waals surface area contributed by atoms with Gasteiger partial charge in [0.05, 0.1) is 18.6 Å². The van der Waals surface area contributed by atoms with Crippen molar-refractivity contribution in [3.63, 3.8) is 0 Å². The SMILES string of the molecule is CCCCC[C@@H](C(=O)NCc1cc(-c2ccccc2)oc1C(N)=O)[C@@H](CO)N(O)C=O.